The fourth-order valence-corrected chi connectivity index (χ4v) is 0.271. The third-order valence-corrected chi connectivity index (χ3v) is 0.700. The molecule has 0 heterocycles. The number of ether oxygens (including phenoxy) is 1. The molecule has 0 radical (unpaired) electrons. The number of hydrogen-bond donors (Lipinski definition) is 0. The number of nitrogens with zero attached hydrogens (tertiary/aromatic N) is 1. The molecular weight excluding hydrogens is 90.1 g/mol. The molecule has 0 bridgehead atoms. The van der Waals surface area contributed by atoms with Crippen molar-refractivity contribution in [2.75, 3.05) is 7.11 Å². The van der Waals surface area contributed by atoms with Gasteiger partial charge >= 0.3 is 0 Å². The van der Waals surface area contributed by atoms with Gasteiger partial charge in [-0.2, -0.15) is 0 Å². The Morgan fingerprint density at radius 3 is 2.43 bits per heavy atom. The van der Waals surface area contributed by atoms with Crippen molar-refractivity contribution >= 4 is 6.21 Å². The summed E-state index contributed by atoms with van der Waals surface area (Å²) in [5.41, 5.74) is 0. The maximum absolute atomic E-state index is 4.79. The predicted molar refractivity (Wildman–Crippen MR) is 30.6 cm³/mol. The Kier molecular flexibility index (Phi) is 3.61. The van der Waals surface area contributed by atoms with Crippen molar-refractivity contribution in [1.82, 2.24) is 0 Å². The van der Waals surface area contributed by atoms with E-state index in [9.17, 15) is 0 Å². The first-order valence-corrected chi connectivity index (χ1v) is 2.32. The van der Waals surface area contributed by atoms with E-state index < -0.39 is 0 Å². The van der Waals surface area contributed by atoms with Crippen molar-refractivity contribution in [3.63, 3.8) is 0 Å². The molecule has 0 aromatic rings. The number of methoxy groups -OCH3 is 1. The Morgan fingerprint density at radius 2 is 2.29 bits per heavy atom. The summed E-state index contributed by atoms with van der Waals surface area (Å²) in [6, 6.07) is 0. The van der Waals surface area contributed by atoms with Crippen LogP contribution in [0.3, 0.4) is 0 Å². The minimum atomic E-state index is 0.0185. The molecule has 0 aliphatic heterocycles. The lowest BCUT2D eigenvalue weighted by Gasteiger charge is -1.98. The van der Waals surface area contributed by atoms with E-state index in [1.165, 1.54) is 0 Å². The highest BCUT2D eigenvalue weighted by atomic mass is 16.5. The summed E-state index contributed by atoms with van der Waals surface area (Å²) in [5, 5.41) is 0. The van der Waals surface area contributed by atoms with Crippen molar-refractivity contribution in [1.29, 1.82) is 0 Å². The SMILES string of the molecule is CC=NC(C)OC. The molecule has 1 unspecified atom stereocenters. The van der Waals surface area contributed by atoms with Gasteiger partial charge in [0.1, 0.15) is 6.23 Å². The molecule has 0 aromatic heterocycles. The number of rotatable bonds is 2. The maximum atomic E-state index is 4.79. The molecule has 0 saturated heterocycles. The Morgan fingerprint density at radius 1 is 1.71 bits per heavy atom. The van der Waals surface area contributed by atoms with E-state index in [2.05, 4.69) is 4.99 Å². The van der Waals surface area contributed by atoms with E-state index in [0.29, 0.717) is 0 Å². The van der Waals surface area contributed by atoms with Crippen molar-refractivity contribution in [2.45, 2.75) is 20.1 Å². The Hall–Kier alpha value is -0.370. The molecule has 0 N–H and O–H groups in total. The molecule has 0 rings (SSSR count). The summed E-state index contributed by atoms with van der Waals surface area (Å²) >= 11 is 0. The Balaban J connectivity index is 3.16. The largest absolute Gasteiger partial charge is 0.360 e. The standard InChI is InChI=1S/C5H11NO/c1-4-6-5(2)7-3/h4-5H,1-3H3. The molecule has 7 heavy (non-hydrogen) atoms. The van der Waals surface area contributed by atoms with E-state index in [1.807, 2.05) is 13.8 Å². The minimum Gasteiger partial charge on any atom is -0.360 e. The summed E-state index contributed by atoms with van der Waals surface area (Å²) in [4.78, 5) is 3.90. The average Bonchev–Trinajstić information content (AvgIpc) is 1.68. The third-order valence-electron chi connectivity index (χ3n) is 0.700. The highest BCUT2D eigenvalue weighted by molar-refractivity contribution is 5.53. The van der Waals surface area contributed by atoms with Crippen LogP contribution in [0.1, 0.15) is 13.8 Å². The molecule has 0 spiro atoms. The molecule has 0 fully saturated rings. The van der Waals surface area contributed by atoms with Crippen LogP contribution in [0.25, 0.3) is 0 Å². The first kappa shape index (κ1) is 6.63. The minimum absolute atomic E-state index is 0.0185. The molecule has 0 amide bonds. The average molecular weight is 101 g/mol. The lowest BCUT2D eigenvalue weighted by molar-refractivity contribution is 0.126. The van der Waals surface area contributed by atoms with Crippen LogP contribution in [-0.4, -0.2) is 19.6 Å². The van der Waals surface area contributed by atoms with Gasteiger partial charge in [0, 0.05) is 7.11 Å². The van der Waals surface area contributed by atoms with Gasteiger partial charge in [-0.3, -0.25) is 4.99 Å². The summed E-state index contributed by atoms with van der Waals surface area (Å²) in [6.45, 7) is 3.76. The van der Waals surface area contributed by atoms with Gasteiger partial charge in [-0.05, 0) is 20.1 Å². The molecule has 0 saturated carbocycles. The molecule has 0 aliphatic carbocycles. The topological polar surface area (TPSA) is 21.6 Å². The van der Waals surface area contributed by atoms with Crippen LogP contribution in [0.5, 0.6) is 0 Å². The first-order chi connectivity index (χ1) is 3.31. The van der Waals surface area contributed by atoms with Gasteiger partial charge in [-0.15, -0.1) is 0 Å². The van der Waals surface area contributed by atoms with E-state index in [0.717, 1.165) is 0 Å². The van der Waals surface area contributed by atoms with Crippen molar-refractivity contribution in [3.05, 3.63) is 0 Å². The zero-order valence-electron chi connectivity index (χ0n) is 5.01. The van der Waals surface area contributed by atoms with Gasteiger partial charge in [0.25, 0.3) is 0 Å². The van der Waals surface area contributed by atoms with Crippen LogP contribution in [0.4, 0.5) is 0 Å². The smallest absolute Gasteiger partial charge is 0.144 e. The van der Waals surface area contributed by atoms with Gasteiger partial charge < -0.3 is 4.74 Å². The van der Waals surface area contributed by atoms with E-state index in [4.69, 9.17) is 4.74 Å². The molecule has 42 valence electrons. The second kappa shape index (κ2) is 3.81. The first-order valence-electron chi connectivity index (χ1n) is 2.32. The fourth-order valence-electron chi connectivity index (χ4n) is 0.271. The van der Waals surface area contributed by atoms with Crippen LogP contribution in [0.2, 0.25) is 0 Å². The van der Waals surface area contributed by atoms with Crippen LogP contribution in [-0.2, 0) is 4.74 Å². The van der Waals surface area contributed by atoms with Crippen molar-refractivity contribution in [3.8, 4) is 0 Å². The predicted octanol–water partition coefficient (Wildman–Crippen LogP) is 1.07. The van der Waals surface area contributed by atoms with Crippen LogP contribution >= 0.6 is 0 Å². The maximum Gasteiger partial charge on any atom is 0.144 e. The Bertz CT molecular complexity index is 61.1. The van der Waals surface area contributed by atoms with Crippen LogP contribution in [0.15, 0.2) is 4.99 Å². The summed E-state index contributed by atoms with van der Waals surface area (Å²) in [7, 11) is 1.64. The molecule has 1 atom stereocenters. The van der Waals surface area contributed by atoms with E-state index >= 15 is 0 Å². The monoisotopic (exact) mass is 101 g/mol. The molecule has 0 aliphatic rings. The van der Waals surface area contributed by atoms with Gasteiger partial charge in [0.15, 0.2) is 0 Å². The lowest BCUT2D eigenvalue weighted by Crippen LogP contribution is -1.98. The van der Waals surface area contributed by atoms with Gasteiger partial charge in [-0.25, -0.2) is 0 Å². The number of aliphatic imine (C=N–C) groups is 1. The van der Waals surface area contributed by atoms with Crippen LogP contribution in [0, 0.1) is 0 Å². The zero-order valence-corrected chi connectivity index (χ0v) is 5.01. The Labute approximate surface area is 44.2 Å². The quantitative estimate of drug-likeness (QED) is 0.477. The summed E-state index contributed by atoms with van der Waals surface area (Å²) < 4.78 is 4.79. The van der Waals surface area contributed by atoms with Crippen LogP contribution < -0.4 is 0 Å². The van der Waals surface area contributed by atoms with Gasteiger partial charge in [0.05, 0.1) is 0 Å². The second-order valence-corrected chi connectivity index (χ2v) is 1.24. The molecule has 2 nitrogen and oxygen atoms in total. The molecular formula is C5H11NO. The van der Waals surface area contributed by atoms with Gasteiger partial charge in [0.2, 0.25) is 0 Å². The highest BCUT2D eigenvalue weighted by Gasteiger charge is 1.86. The third kappa shape index (κ3) is 3.46. The molecule has 0 aromatic carbocycles. The van der Waals surface area contributed by atoms with E-state index in [1.54, 1.807) is 13.3 Å². The zero-order chi connectivity index (χ0) is 5.70. The van der Waals surface area contributed by atoms with Crippen molar-refractivity contribution < 1.29 is 4.74 Å². The fraction of sp³-hybridized carbons (Fsp3) is 0.800. The van der Waals surface area contributed by atoms with Gasteiger partial charge in [-0.1, -0.05) is 0 Å². The second-order valence-electron chi connectivity index (χ2n) is 1.24. The molecule has 2 heteroatoms. The summed E-state index contributed by atoms with van der Waals surface area (Å²) in [6.07, 6.45) is 1.75. The normalized spacial score (nSPS) is 15.3. The highest BCUT2D eigenvalue weighted by Crippen LogP contribution is 1.84. The summed E-state index contributed by atoms with van der Waals surface area (Å²) in [5.74, 6) is 0. The number of hydrogen-bond acceptors (Lipinski definition) is 2. The van der Waals surface area contributed by atoms with E-state index in [-0.39, 0.29) is 6.23 Å². The van der Waals surface area contributed by atoms with Crippen molar-refractivity contribution in [2.24, 2.45) is 4.99 Å². The lowest BCUT2D eigenvalue weighted by atomic mass is 10.7.